The summed E-state index contributed by atoms with van der Waals surface area (Å²) in [6.07, 6.45) is 5.37. The van der Waals surface area contributed by atoms with E-state index >= 15 is 0 Å². The Balaban J connectivity index is 1.75. The molecule has 1 atom stereocenters. The minimum atomic E-state index is -0.390. The average Bonchev–Trinajstić information content (AvgIpc) is 2.89. The molecule has 2 rings (SSSR count). The highest BCUT2D eigenvalue weighted by Gasteiger charge is 2.25. The van der Waals surface area contributed by atoms with Gasteiger partial charge in [0.05, 0.1) is 0 Å². The number of piperidine rings is 1. The van der Waals surface area contributed by atoms with Crippen LogP contribution in [0.5, 0.6) is 0 Å². The predicted molar refractivity (Wildman–Crippen MR) is 73.4 cm³/mol. The Morgan fingerprint density at radius 2 is 1.79 bits per heavy atom. The number of carbonyl (C=O) groups is 2. The van der Waals surface area contributed by atoms with Gasteiger partial charge in [-0.25, -0.2) is 0 Å². The Morgan fingerprint density at radius 1 is 1.05 bits per heavy atom. The lowest BCUT2D eigenvalue weighted by molar-refractivity contribution is -0.134. The molecule has 0 radical (unpaired) electrons. The molecule has 2 saturated heterocycles. The number of hydrogen-bond acceptors (Lipinski definition) is 3. The lowest BCUT2D eigenvalue weighted by atomic mass is 9.97. The molecular weight excluding hydrogens is 242 g/mol. The minimum absolute atomic E-state index is 0.0879. The zero-order chi connectivity index (χ0) is 13.7. The third kappa shape index (κ3) is 4.49. The summed E-state index contributed by atoms with van der Waals surface area (Å²) in [4.78, 5) is 27.2. The summed E-state index contributed by atoms with van der Waals surface area (Å²) in [5, 5.41) is 0. The molecule has 0 bridgehead atoms. The zero-order valence-electron chi connectivity index (χ0n) is 11.6. The van der Waals surface area contributed by atoms with Crippen LogP contribution in [0.4, 0.5) is 0 Å². The molecule has 5 heteroatoms. The highest BCUT2D eigenvalue weighted by atomic mass is 16.2. The van der Waals surface area contributed by atoms with Crippen LogP contribution in [0, 0.1) is 5.92 Å². The van der Waals surface area contributed by atoms with Crippen LogP contribution in [-0.4, -0.2) is 54.3 Å². The van der Waals surface area contributed by atoms with Crippen molar-refractivity contribution in [3.63, 3.8) is 0 Å². The van der Waals surface area contributed by atoms with Crippen LogP contribution in [0.1, 0.15) is 38.5 Å². The lowest BCUT2D eigenvalue weighted by Gasteiger charge is -2.34. The molecule has 2 heterocycles. The number of nitrogens with two attached hydrogens (primary N) is 1. The summed E-state index contributed by atoms with van der Waals surface area (Å²) in [6, 6.07) is 0. The largest absolute Gasteiger partial charge is 0.370 e. The fourth-order valence-electron chi connectivity index (χ4n) is 3.16. The maximum atomic E-state index is 12.0. The maximum absolute atomic E-state index is 12.0. The fourth-order valence-corrected chi connectivity index (χ4v) is 3.16. The van der Waals surface area contributed by atoms with E-state index in [2.05, 4.69) is 4.90 Å². The van der Waals surface area contributed by atoms with Crippen molar-refractivity contribution in [2.45, 2.75) is 38.5 Å². The molecule has 1 unspecified atom stereocenters. The second kappa shape index (κ2) is 6.89. The van der Waals surface area contributed by atoms with E-state index in [1.165, 1.54) is 32.4 Å². The molecule has 2 amide bonds. The van der Waals surface area contributed by atoms with Crippen molar-refractivity contribution in [2.24, 2.45) is 11.7 Å². The van der Waals surface area contributed by atoms with E-state index in [0.29, 0.717) is 5.92 Å². The second-order valence-electron chi connectivity index (χ2n) is 5.82. The average molecular weight is 267 g/mol. The van der Waals surface area contributed by atoms with Crippen molar-refractivity contribution in [1.29, 1.82) is 0 Å². The van der Waals surface area contributed by atoms with Crippen LogP contribution in [0.25, 0.3) is 0 Å². The molecule has 2 aliphatic heterocycles. The van der Waals surface area contributed by atoms with E-state index in [1.807, 2.05) is 4.90 Å². The van der Waals surface area contributed by atoms with Gasteiger partial charge in [0.1, 0.15) is 0 Å². The van der Waals surface area contributed by atoms with E-state index in [9.17, 15) is 9.59 Å². The van der Waals surface area contributed by atoms with Crippen molar-refractivity contribution >= 4 is 11.8 Å². The monoisotopic (exact) mass is 267 g/mol. The molecule has 0 saturated carbocycles. The third-order valence-electron chi connectivity index (χ3n) is 4.17. The van der Waals surface area contributed by atoms with Crippen LogP contribution in [0.3, 0.4) is 0 Å². The zero-order valence-corrected chi connectivity index (χ0v) is 11.6. The van der Waals surface area contributed by atoms with E-state index < -0.39 is 0 Å². The van der Waals surface area contributed by atoms with Gasteiger partial charge >= 0.3 is 0 Å². The van der Waals surface area contributed by atoms with Crippen molar-refractivity contribution in [3.05, 3.63) is 0 Å². The Labute approximate surface area is 115 Å². The van der Waals surface area contributed by atoms with Gasteiger partial charge in [0.25, 0.3) is 0 Å². The molecule has 5 nitrogen and oxygen atoms in total. The number of rotatable bonds is 5. The van der Waals surface area contributed by atoms with Gasteiger partial charge < -0.3 is 15.5 Å². The van der Waals surface area contributed by atoms with Gasteiger partial charge in [-0.1, -0.05) is 0 Å². The van der Waals surface area contributed by atoms with Gasteiger partial charge in [-0.3, -0.25) is 9.59 Å². The van der Waals surface area contributed by atoms with Crippen molar-refractivity contribution in [3.8, 4) is 0 Å². The van der Waals surface area contributed by atoms with Gasteiger partial charge in [0.2, 0.25) is 11.8 Å². The van der Waals surface area contributed by atoms with E-state index in [0.717, 1.165) is 26.1 Å². The number of likely N-dealkylation sites (tertiary alicyclic amines) is 2. The van der Waals surface area contributed by atoms with Crippen LogP contribution < -0.4 is 5.73 Å². The molecule has 0 aliphatic carbocycles. The first-order valence-corrected chi connectivity index (χ1v) is 7.43. The molecule has 19 heavy (non-hydrogen) atoms. The topological polar surface area (TPSA) is 66.6 Å². The number of amides is 2. The Hall–Kier alpha value is -1.10. The highest BCUT2D eigenvalue weighted by molar-refractivity contribution is 5.82. The molecule has 2 fully saturated rings. The van der Waals surface area contributed by atoms with Crippen molar-refractivity contribution in [1.82, 2.24) is 9.80 Å². The molecule has 2 N–H and O–H groups in total. The highest BCUT2D eigenvalue weighted by Crippen LogP contribution is 2.20. The normalized spacial score (nSPS) is 24.6. The summed E-state index contributed by atoms with van der Waals surface area (Å²) in [7, 11) is 0. The molecule has 0 aromatic rings. The summed E-state index contributed by atoms with van der Waals surface area (Å²) in [5.41, 5.74) is 5.09. The van der Waals surface area contributed by atoms with E-state index in [1.54, 1.807) is 0 Å². The van der Waals surface area contributed by atoms with Crippen molar-refractivity contribution < 1.29 is 9.59 Å². The van der Waals surface area contributed by atoms with Crippen LogP contribution in [-0.2, 0) is 9.59 Å². The Bertz CT molecular complexity index is 327. The first-order chi connectivity index (χ1) is 9.15. The molecule has 0 aromatic heterocycles. The minimum Gasteiger partial charge on any atom is -0.370 e. The third-order valence-corrected chi connectivity index (χ3v) is 4.17. The van der Waals surface area contributed by atoms with Crippen molar-refractivity contribution in [2.75, 3.05) is 32.7 Å². The molecule has 0 spiro atoms. The van der Waals surface area contributed by atoms with Crippen LogP contribution in [0.2, 0.25) is 0 Å². The Morgan fingerprint density at radius 3 is 2.47 bits per heavy atom. The molecule has 2 aliphatic rings. The molecule has 0 aromatic carbocycles. The number of primary amides is 1. The Kier molecular flexibility index (Phi) is 5.19. The molecule has 108 valence electrons. The quantitative estimate of drug-likeness (QED) is 0.792. The SMILES string of the molecule is NC(=O)CCC(=O)N1CCCC(CN2CCCC2)C1. The van der Waals surface area contributed by atoms with Gasteiger partial charge in [0, 0.05) is 32.5 Å². The molecular formula is C14H25N3O2. The smallest absolute Gasteiger partial charge is 0.223 e. The predicted octanol–water partition coefficient (Wildman–Crippen LogP) is 0.586. The maximum Gasteiger partial charge on any atom is 0.223 e. The van der Waals surface area contributed by atoms with E-state index in [-0.39, 0.29) is 24.7 Å². The fraction of sp³-hybridized carbons (Fsp3) is 0.857. The second-order valence-corrected chi connectivity index (χ2v) is 5.82. The van der Waals surface area contributed by atoms with Gasteiger partial charge in [-0.05, 0) is 44.7 Å². The number of nitrogens with zero attached hydrogens (tertiary/aromatic N) is 2. The van der Waals surface area contributed by atoms with Gasteiger partial charge in [-0.2, -0.15) is 0 Å². The van der Waals surface area contributed by atoms with Crippen LogP contribution in [0.15, 0.2) is 0 Å². The first kappa shape index (κ1) is 14.3. The summed E-state index contributed by atoms with van der Waals surface area (Å²) in [6.45, 7) is 5.25. The lowest BCUT2D eigenvalue weighted by Crippen LogP contribution is -2.43. The van der Waals surface area contributed by atoms with E-state index in [4.69, 9.17) is 5.73 Å². The number of hydrogen-bond donors (Lipinski definition) is 1. The first-order valence-electron chi connectivity index (χ1n) is 7.43. The standard InChI is InChI=1S/C14H25N3O2/c15-13(18)5-6-14(19)17-9-3-4-12(11-17)10-16-7-1-2-8-16/h12H,1-11H2,(H2,15,18). The van der Waals surface area contributed by atoms with Gasteiger partial charge in [0.15, 0.2) is 0 Å². The number of carbonyl (C=O) groups excluding carboxylic acids is 2. The summed E-state index contributed by atoms with van der Waals surface area (Å²) < 4.78 is 0. The van der Waals surface area contributed by atoms with Gasteiger partial charge in [-0.15, -0.1) is 0 Å². The van der Waals surface area contributed by atoms with Crippen LogP contribution >= 0.6 is 0 Å². The summed E-state index contributed by atoms with van der Waals surface area (Å²) in [5.74, 6) is 0.299. The summed E-state index contributed by atoms with van der Waals surface area (Å²) >= 11 is 0.